The smallest absolute Gasteiger partial charge is 0.0231 e. The lowest BCUT2D eigenvalue weighted by Crippen LogP contribution is -1.83. The van der Waals surface area contributed by atoms with Gasteiger partial charge in [-0.3, -0.25) is 0 Å². The fraction of sp³-hybridized carbons (Fsp3) is 0.200. The molecule has 0 aromatic heterocycles. The summed E-state index contributed by atoms with van der Waals surface area (Å²) in [6, 6.07) is 8.63. The molecule has 0 saturated carbocycles. The molecule has 0 fully saturated rings. The predicted octanol–water partition coefficient (Wildman–Crippen LogP) is 4.78. The zero-order valence-corrected chi connectivity index (χ0v) is 10.8. The molecule has 1 heteroatoms. The van der Waals surface area contributed by atoms with E-state index in [-0.39, 0.29) is 0 Å². The van der Waals surface area contributed by atoms with E-state index in [0.717, 1.165) is 5.75 Å². The van der Waals surface area contributed by atoms with Gasteiger partial charge in [-0.2, -0.15) is 0 Å². The molecule has 0 heterocycles. The Hall–Kier alpha value is -1.21. The van der Waals surface area contributed by atoms with Crippen LogP contribution in [0.15, 0.2) is 65.6 Å². The van der Waals surface area contributed by atoms with Crippen LogP contribution in [0.5, 0.6) is 0 Å². The molecular weight excluding hydrogens is 212 g/mol. The third-order valence-electron chi connectivity index (χ3n) is 2.14. The first kappa shape index (κ1) is 12.9. The van der Waals surface area contributed by atoms with Crippen LogP contribution in [0.1, 0.15) is 12.5 Å². The molecule has 0 aliphatic rings. The number of aryl methyl sites for hydroxylation is 1. The highest BCUT2D eigenvalue weighted by Gasteiger charge is 1.95. The molecule has 0 nitrogen and oxygen atoms in total. The van der Waals surface area contributed by atoms with Crippen LogP contribution in [-0.4, -0.2) is 5.75 Å². The van der Waals surface area contributed by atoms with Gasteiger partial charge in [-0.25, -0.2) is 0 Å². The zero-order chi connectivity index (χ0) is 11.8. The van der Waals surface area contributed by atoms with Crippen molar-refractivity contribution in [3.8, 4) is 0 Å². The van der Waals surface area contributed by atoms with Crippen molar-refractivity contribution in [2.24, 2.45) is 0 Å². The lowest BCUT2D eigenvalue weighted by molar-refractivity contribution is 1.37. The average molecular weight is 230 g/mol. The molecule has 0 saturated heterocycles. The van der Waals surface area contributed by atoms with Crippen molar-refractivity contribution in [2.45, 2.75) is 18.7 Å². The molecule has 0 unspecified atom stereocenters. The van der Waals surface area contributed by atoms with Gasteiger partial charge in [0.1, 0.15) is 0 Å². The number of thioether (sulfide) groups is 1. The van der Waals surface area contributed by atoms with Gasteiger partial charge >= 0.3 is 0 Å². The first-order chi connectivity index (χ1) is 7.76. The van der Waals surface area contributed by atoms with Gasteiger partial charge in [0, 0.05) is 10.6 Å². The minimum atomic E-state index is 0.986. The average Bonchev–Trinajstić information content (AvgIpc) is 2.29. The highest BCUT2D eigenvalue weighted by Crippen LogP contribution is 2.21. The molecular formula is C15H18S. The highest BCUT2D eigenvalue weighted by atomic mass is 32.2. The lowest BCUT2D eigenvalue weighted by Gasteiger charge is -2.02. The van der Waals surface area contributed by atoms with Crippen LogP contribution in [-0.2, 0) is 0 Å². The lowest BCUT2D eigenvalue weighted by atomic mass is 10.2. The van der Waals surface area contributed by atoms with Crippen molar-refractivity contribution in [3.05, 3.63) is 66.3 Å². The Bertz CT molecular complexity index is 382. The third-order valence-corrected chi connectivity index (χ3v) is 3.22. The van der Waals surface area contributed by atoms with Crippen LogP contribution in [0.2, 0.25) is 0 Å². The molecule has 16 heavy (non-hydrogen) atoms. The fourth-order valence-electron chi connectivity index (χ4n) is 1.32. The van der Waals surface area contributed by atoms with Gasteiger partial charge in [-0.05, 0) is 31.6 Å². The summed E-state index contributed by atoms with van der Waals surface area (Å²) in [6.07, 6.45) is 8.08. The third kappa shape index (κ3) is 4.54. The Labute approximate surface area is 103 Å². The molecule has 0 N–H and O–H groups in total. The Morgan fingerprint density at radius 3 is 2.56 bits per heavy atom. The number of benzene rings is 1. The van der Waals surface area contributed by atoms with Crippen molar-refractivity contribution >= 4 is 11.8 Å². The molecule has 0 bridgehead atoms. The summed E-state index contributed by atoms with van der Waals surface area (Å²) in [5.41, 5.74) is 2.60. The SMILES string of the molecule is C=C/C=C(\C=C/C)CSc1ccc(C)cc1. The predicted molar refractivity (Wildman–Crippen MR) is 75.0 cm³/mol. The van der Waals surface area contributed by atoms with Gasteiger partial charge < -0.3 is 0 Å². The summed E-state index contributed by atoms with van der Waals surface area (Å²) in [5.74, 6) is 0.986. The van der Waals surface area contributed by atoms with Gasteiger partial charge in [-0.15, -0.1) is 11.8 Å². The number of hydrogen-bond acceptors (Lipinski definition) is 1. The maximum atomic E-state index is 3.73. The molecule has 84 valence electrons. The number of hydrogen-bond donors (Lipinski definition) is 0. The highest BCUT2D eigenvalue weighted by molar-refractivity contribution is 7.99. The first-order valence-electron chi connectivity index (χ1n) is 5.40. The molecule has 0 aliphatic heterocycles. The van der Waals surface area contributed by atoms with E-state index in [1.54, 1.807) is 0 Å². The summed E-state index contributed by atoms with van der Waals surface area (Å²) < 4.78 is 0. The summed E-state index contributed by atoms with van der Waals surface area (Å²) in [6.45, 7) is 7.87. The van der Waals surface area contributed by atoms with Crippen LogP contribution >= 0.6 is 11.8 Å². The summed E-state index contributed by atoms with van der Waals surface area (Å²) in [5, 5.41) is 0. The topological polar surface area (TPSA) is 0 Å². The zero-order valence-electron chi connectivity index (χ0n) is 9.94. The van der Waals surface area contributed by atoms with E-state index in [2.05, 4.69) is 56.0 Å². The second-order valence-corrected chi connectivity index (χ2v) is 4.63. The normalized spacial score (nSPS) is 12.0. The second kappa shape index (κ2) is 7.13. The van der Waals surface area contributed by atoms with Crippen molar-refractivity contribution in [1.29, 1.82) is 0 Å². The van der Waals surface area contributed by atoms with Crippen LogP contribution < -0.4 is 0 Å². The summed E-state index contributed by atoms with van der Waals surface area (Å²) >= 11 is 1.85. The summed E-state index contributed by atoms with van der Waals surface area (Å²) in [7, 11) is 0. The monoisotopic (exact) mass is 230 g/mol. The van der Waals surface area contributed by atoms with E-state index in [9.17, 15) is 0 Å². The van der Waals surface area contributed by atoms with Crippen LogP contribution in [0.25, 0.3) is 0 Å². The van der Waals surface area contributed by atoms with E-state index < -0.39 is 0 Å². The minimum Gasteiger partial charge on any atom is -0.121 e. The maximum absolute atomic E-state index is 3.73. The Morgan fingerprint density at radius 2 is 2.00 bits per heavy atom. The van der Waals surface area contributed by atoms with Crippen molar-refractivity contribution in [3.63, 3.8) is 0 Å². The standard InChI is InChI=1S/C15H18S/c1-4-6-14(7-5-2)12-16-15-10-8-13(3)9-11-15/h4-11H,1,12H2,2-3H3/b7-5-,14-6+. The molecule has 1 aromatic carbocycles. The largest absolute Gasteiger partial charge is 0.121 e. The van der Waals surface area contributed by atoms with Gasteiger partial charge in [0.15, 0.2) is 0 Å². The molecule has 1 rings (SSSR count). The summed E-state index contributed by atoms with van der Waals surface area (Å²) in [4.78, 5) is 1.31. The van der Waals surface area contributed by atoms with Gasteiger partial charge in [-0.1, -0.05) is 48.6 Å². The second-order valence-electron chi connectivity index (χ2n) is 3.58. The van der Waals surface area contributed by atoms with Crippen molar-refractivity contribution in [2.75, 3.05) is 5.75 Å². The molecule has 0 radical (unpaired) electrons. The quantitative estimate of drug-likeness (QED) is 0.518. The Morgan fingerprint density at radius 1 is 1.31 bits per heavy atom. The van der Waals surface area contributed by atoms with Gasteiger partial charge in [0.25, 0.3) is 0 Å². The van der Waals surface area contributed by atoms with E-state index in [1.165, 1.54) is 16.0 Å². The Kier molecular flexibility index (Phi) is 5.73. The van der Waals surface area contributed by atoms with Crippen LogP contribution in [0.3, 0.4) is 0 Å². The van der Waals surface area contributed by atoms with Crippen molar-refractivity contribution in [1.82, 2.24) is 0 Å². The molecule has 0 spiro atoms. The Balaban J connectivity index is 2.58. The number of allylic oxidation sites excluding steroid dienone is 4. The number of rotatable bonds is 5. The minimum absolute atomic E-state index is 0.986. The van der Waals surface area contributed by atoms with E-state index in [1.807, 2.05) is 24.8 Å². The van der Waals surface area contributed by atoms with E-state index in [0.29, 0.717) is 0 Å². The van der Waals surface area contributed by atoms with Crippen LogP contribution in [0, 0.1) is 6.92 Å². The molecule has 0 aliphatic carbocycles. The van der Waals surface area contributed by atoms with Crippen LogP contribution in [0.4, 0.5) is 0 Å². The van der Waals surface area contributed by atoms with E-state index >= 15 is 0 Å². The van der Waals surface area contributed by atoms with Crippen molar-refractivity contribution < 1.29 is 0 Å². The van der Waals surface area contributed by atoms with Gasteiger partial charge in [0.05, 0.1) is 0 Å². The molecule has 0 atom stereocenters. The van der Waals surface area contributed by atoms with E-state index in [4.69, 9.17) is 0 Å². The van der Waals surface area contributed by atoms with Gasteiger partial charge in [0.2, 0.25) is 0 Å². The molecule has 0 amide bonds. The maximum Gasteiger partial charge on any atom is 0.0231 e. The first-order valence-corrected chi connectivity index (χ1v) is 6.38. The molecule has 1 aromatic rings. The fourth-order valence-corrected chi connectivity index (χ4v) is 2.17.